The summed E-state index contributed by atoms with van der Waals surface area (Å²) in [6.45, 7) is 20.3. The third kappa shape index (κ3) is 9.39. The molecule has 0 saturated carbocycles. The fourth-order valence-corrected chi connectivity index (χ4v) is 1.75. The van der Waals surface area contributed by atoms with Crippen LogP contribution in [0, 0.1) is 13.8 Å². The minimum absolute atomic E-state index is 1.34. The quantitative estimate of drug-likeness (QED) is 0.499. The Bertz CT molecular complexity index is 398. The maximum absolute atomic E-state index is 2.18. The highest BCUT2D eigenvalue weighted by Gasteiger charge is 2.02. The maximum Gasteiger partial charge on any atom is -0.0152 e. The van der Waals surface area contributed by atoms with E-state index in [0.29, 0.717) is 0 Å². The van der Waals surface area contributed by atoms with Crippen molar-refractivity contribution in [3.05, 3.63) is 59.7 Å². The van der Waals surface area contributed by atoms with Crippen LogP contribution in [0.1, 0.15) is 66.5 Å². The maximum atomic E-state index is 2.18. The molecule has 0 radical (unpaired) electrons. The van der Waals surface area contributed by atoms with Crippen LogP contribution in [0.2, 0.25) is 0 Å². The van der Waals surface area contributed by atoms with E-state index < -0.39 is 0 Å². The van der Waals surface area contributed by atoms with E-state index in [1.165, 1.54) is 22.3 Å². The van der Waals surface area contributed by atoms with E-state index in [9.17, 15) is 0 Å². The fourth-order valence-electron chi connectivity index (χ4n) is 1.75. The summed E-state index contributed by atoms with van der Waals surface area (Å²) in [7, 11) is 0. The van der Waals surface area contributed by atoms with Gasteiger partial charge < -0.3 is 0 Å². The highest BCUT2D eigenvalue weighted by atomic mass is 14.1. The monoisotopic (exact) mass is 302 g/mol. The summed E-state index contributed by atoms with van der Waals surface area (Å²) in [5.41, 5.74) is 5.35. The highest BCUT2D eigenvalue weighted by Crippen LogP contribution is 2.25. The van der Waals surface area contributed by atoms with Gasteiger partial charge in [-0.3, -0.25) is 0 Å². The van der Waals surface area contributed by atoms with Gasteiger partial charge in [-0.05, 0) is 36.1 Å². The van der Waals surface area contributed by atoms with Crippen LogP contribution in [0.15, 0.2) is 48.5 Å². The Labute approximate surface area is 140 Å². The Hall–Kier alpha value is -1.56. The van der Waals surface area contributed by atoms with E-state index in [0.717, 1.165) is 0 Å². The Morgan fingerprint density at radius 2 is 0.636 bits per heavy atom. The fraction of sp³-hybridized carbons (Fsp3) is 0.455. The molecule has 2 aromatic carbocycles. The van der Waals surface area contributed by atoms with Crippen LogP contribution in [-0.2, 0) is 0 Å². The van der Waals surface area contributed by atoms with Gasteiger partial charge >= 0.3 is 0 Å². The molecule has 0 nitrogen and oxygen atoms in total. The van der Waals surface area contributed by atoms with E-state index in [1.807, 2.05) is 55.4 Å². The summed E-state index contributed by atoms with van der Waals surface area (Å²) >= 11 is 0. The largest absolute Gasteiger partial charge is 0.0683 e. The SMILES string of the molecule is CC.CC.CC.CC.Cc1ccccc1-c1ccccc1C. The molecule has 0 heteroatoms. The van der Waals surface area contributed by atoms with Crippen molar-refractivity contribution in [3.63, 3.8) is 0 Å². The van der Waals surface area contributed by atoms with E-state index in [1.54, 1.807) is 0 Å². The topological polar surface area (TPSA) is 0 Å². The zero-order valence-corrected chi connectivity index (χ0v) is 16.6. The number of aryl methyl sites for hydroxylation is 2. The van der Waals surface area contributed by atoms with Gasteiger partial charge in [0.05, 0.1) is 0 Å². The Morgan fingerprint density at radius 3 is 0.864 bits per heavy atom. The van der Waals surface area contributed by atoms with Crippen molar-refractivity contribution in [2.75, 3.05) is 0 Å². The van der Waals surface area contributed by atoms with Gasteiger partial charge in [0, 0.05) is 0 Å². The van der Waals surface area contributed by atoms with Crippen molar-refractivity contribution >= 4 is 0 Å². The van der Waals surface area contributed by atoms with Crippen LogP contribution < -0.4 is 0 Å². The minimum Gasteiger partial charge on any atom is -0.0683 e. The number of rotatable bonds is 1. The van der Waals surface area contributed by atoms with E-state index >= 15 is 0 Å². The molecule has 0 spiro atoms. The highest BCUT2D eigenvalue weighted by molar-refractivity contribution is 5.70. The standard InChI is InChI=1S/C14H14.4C2H6/c1-11-7-3-5-9-13(11)14-10-6-4-8-12(14)2;4*1-2/h3-10H,1-2H3;4*1-2H3. The Kier molecular flexibility index (Phi) is 22.4. The van der Waals surface area contributed by atoms with Gasteiger partial charge in [0.25, 0.3) is 0 Å². The van der Waals surface area contributed by atoms with E-state index in [2.05, 4.69) is 62.4 Å². The molecule has 0 N–H and O–H groups in total. The second-order valence-electron chi connectivity index (χ2n) is 3.63. The zero-order chi connectivity index (χ0) is 18.0. The first-order valence-electron chi connectivity index (χ1n) is 8.90. The van der Waals surface area contributed by atoms with Gasteiger partial charge in [-0.2, -0.15) is 0 Å². The van der Waals surface area contributed by atoms with Crippen molar-refractivity contribution < 1.29 is 0 Å². The molecule has 0 saturated heterocycles. The van der Waals surface area contributed by atoms with Crippen molar-refractivity contribution in [3.8, 4) is 11.1 Å². The van der Waals surface area contributed by atoms with Crippen molar-refractivity contribution in [2.24, 2.45) is 0 Å². The molecule has 0 bridgehead atoms. The van der Waals surface area contributed by atoms with E-state index in [4.69, 9.17) is 0 Å². The number of benzene rings is 2. The Morgan fingerprint density at radius 1 is 0.409 bits per heavy atom. The van der Waals surface area contributed by atoms with Crippen LogP contribution >= 0.6 is 0 Å². The molecule has 0 aliphatic heterocycles. The van der Waals surface area contributed by atoms with Gasteiger partial charge in [0.1, 0.15) is 0 Å². The van der Waals surface area contributed by atoms with Gasteiger partial charge in [0.15, 0.2) is 0 Å². The molecular formula is C22H38. The average molecular weight is 303 g/mol. The first-order chi connectivity index (χ1) is 10.8. The van der Waals surface area contributed by atoms with Gasteiger partial charge in [0.2, 0.25) is 0 Å². The van der Waals surface area contributed by atoms with Gasteiger partial charge in [-0.15, -0.1) is 0 Å². The first-order valence-corrected chi connectivity index (χ1v) is 8.90. The molecule has 2 aromatic rings. The molecule has 0 aromatic heterocycles. The molecule has 2 rings (SSSR count). The summed E-state index contributed by atoms with van der Waals surface area (Å²) in [6.07, 6.45) is 0. The molecule has 0 amide bonds. The lowest BCUT2D eigenvalue weighted by Gasteiger charge is -2.08. The smallest absolute Gasteiger partial charge is 0.0152 e. The minimum atomic E-state index is 1.34. The molecule has 126 valence electrons. The molecule has 0 aliphatic carbocycles. The summed E-state index contributed by atoms with van der Waals surface area (Å²) in [5, 5.41) is 0. The predicted octanol–water partition coefficient (Wildman–Crippen LogP) is 8.08. The van der Waals surface area contributed by atoms with E-state index in [-0.39, 0.29) is 0 Å². The Balaban J connectivity index is -0.000000394. The normalized spacial score (nSPS) is 7.55. The van der Waals surface area contributed by atoms with Gasteiger partial charge in [-0.25, -0.2) is 0 Å². The molecule has 0 atom stereocenters. The predicted molar refractivity (Wildman–Crippen MR) is 107 cm³/mol. The summed E-state index contributed by atoms with van der Waals surface area (Å²) < 4.78 is 0. The van der Waals surface area contributed by atoms with Crippen molar-refractivity contribution in [2.45, 2.75) is 69.2 Å². The lowest BCUT2D eigenvalue weighted by atomic mass is 9.97. The molecule has 22 heavy (non-hydrogen) atoms. The van der Waals surface area contributed by atoms with Crippen LogP contribution in [0.4, 0.5) is 0 Å². The number of hydrogen-bond acceptors (Lipinski definition) is 0. The third-order valence-electron chi connectivity index (χ3n) is 2.58. The molecule has 0 fully saturated rings. The molecule has 0 aliphatic rings. The second-order valence-corrected chi connectivity index (χ2v) is 3.63. The van der Waals surface area contributed by atoms with Crippen LogP contribution in [0.5, 0.6) is 0 Å². The van der Waals surface area contributed by atoms with Gasteiger partial charge in [-0.1, -0.05) is 104 Å². The lowest BCUT2D eigenvalue weighted by molar-refractivity contribution is 1.41. The first kappa shape index (κ1) is 25.4. The van der Waals surface area contributed by atoms with Crippen LogP contribution in [-0.4, -0.2) is 0 Å². The van der Waals surface area contributed by atoms with Crippen LogP contribution in [0.25, 0.3) is 11.1 Å². The molecule has 0 heterocycles. The second kappa shape index (κ2) is 19.4. The van der Waals surface area contributed by atoms with Crippen molar-refractivity contribution in [1.82, 2.24) is 0 Å². The van der Waals surface area contributed by atoms with Crippen LogP contribution in [0.3, 0.4) is 0 Å². The summed E-state index contributed by atoms with van der Waals surface area (Å²) in [6, 6.07) is 17.0. The zero-order valence-electron chi connectivity index (χ0n) is 16.6. The summed E-state index contributed by atoms with van der Waals surface area (Å²) in [4.78, 5) is 0. The molecule has 0 unspecified atom stereocenters. The lowest BCUT2D eigenvalue weighted by Crippen LogP contribution is -1.85. The molecular weight excluding hydrogens is 264 g/mol. The van der Waals surface area contributed by atoms with Crippen molar-refractivity contribution in [1.29, 1.82) is 0 Å². The average Bonchev–Trinajstić information content (AvgIpc) is 2.63. The number of hydrogen-bond donors (Lipinski definition) is 0. The third-order valence-corrected chi connectivity index (χ3v) is 2.58. The summed E-state index contributed by atoms with van der Waals surface area (Å²) in [5.74, 6) is 0.